The minimum atomic E-state index is -0.263. The van der Waals surface area contributed by atoms with Gasteiger partial charge < -0.3 is 15.5 Å². The lowest BCUT2D eigenvalue weighted by molar-refractivity contribution is -0.126. The molecule has 1 atom stereocenters. The van der Waals surface area contributed by atoms with Crippen molar-refractivity contribution >= 4 is 17.6 Å². The fraction of sp³-hybridized carbons (Fsp3) is 0.471. The monoisotopic (exact) mass is 314 g/mol. The predicted octanol–water partition coefficient (Wildman–Crippen LogP) is 2.33. The van der Waals surface area contributed by atoms with E-state index in [1.54, 1.807) is 29.2 Å². The Bertz CT molecular complexity index is 609. The summed E-state index contributed by atoms with van der Waals surface area (Å²) in [6.07, 6.45) is 2.50. The van der Waals surface area contributed by atoms with Crippen LogP contribution in [-0.4, -0.2) is 36.5 Å². The van der Waals surface area contributed by atoms with Gasteiger partial charge in [-0.05, 0) is 31.4 Å². The van der Waals surface area contributed by atoms with Crippen molar-refractivity contribution in [2.75, 3.05) is 25.0 Å². The number of hydrogen-bond donors (Lipinski definition) is 2. The van der Waals surface area contributed by atoms with Gasteiger partial charge in [0.15, 0.2) is 0 Å². The van der Waals surface area contributed by atoms with E-state index in [9.17, 15) is 9.59 Å². The number of nitrogens with zero attached hydrogens (tertiary/aromatic N) is 2. The Balaban J connectivity index is 1.97. The lowest BCUT2D eigenvalue weighted by atomic mass is 9.97. The number of amides is 3. The van der Waals surface area contributed by atoms with Gasteiger partial charge in [-0.15, -0.1) is 0 Å². The van der Waals surface area contributed by atoms with Gasteiger partial charge in [0.25, 0.3) is 0 Å². The molecular weight excluding hydrogens is 292 g/mol. The van der Waals surface area contributed by atoms with Crippen LogP contribution < -0.4 is 10.6 Å². The molecule has 23 heavy (non-hydrogen) atoms. The van der Waals surface area contributed by atoms with Crippen LogP contribution in [0, 0.1) is 17.2 Å². The van der Waals surface area contributed by atoms with Crippen molar-refractivity contribution in [1.82, 2.24) is 10.2 Å². The van der Waals surface area contributed by atoms with Gasteiger partial charge in [-0.25, -0.2) is 4.79 Å². The van der Waals surface area contributed by atoms with Crippen molar-refractivity contribution in [1.29, 1.82) is 5.26 Å². The minimum Gasteiger partial charge on any atom is -0.356 e. The van der Waals surface area contributed by atoms with E-state index in [0.29, 0.717) is 30.9 Å². The van der Waals surface area contributed by atoms with E-state index in [2.05, 4.69) is 16.7 Å². The Kier molecular flexibility index (Phi) is 5.98. The first-order valence-electron chi connectivity index (χ1n) is 7.98. The van der Waals surface area contributed by atoms with Crippen LogP contribution in [0.4, 0.5) is 10.5 Å². The fourth-order valence-electron chi connectivity index (χ4n) is 2.65. The van der Waals surface area contributed by atoms with Crippen molar-refractivity contribution < 1.29 is 9.59 Å². The zero-order valence-electron chi connectivity index (χ0n) is 13.3. The molecule has 2 rings (SSSR count). The van der Waals surface area contributed by atoms with Gasteiger partial charge in [-0.1, -0.05) is 19.1 Å². The molecule has 1 saturated heterocycles. The molecule has 1 unspecified atom stereocenters. The summed E-state index contributed by atoms with van der Waals surface area (Å²) < 4.78 is 0. The number of likely N-dealkylation sites (tertiary alicyclic amines) is 1. The van der Waals surface area contributed by atoms with Crippen LogP contribution in [0.2, 0.25) is 0 Å². The number of rotatable bonds is 4. The summed E-state index contributed by atoms with van der Waals surface area (Å²) in [7, 11) is 0. The van der Waals surface area contributed by atoms with E-state index in [1.807, 2.05) is 6.92 Å². The fourth-order valence-corrected chi connectivity index (χ4v) is 2.65. The topological polar surface area (TPSA) is 85.2 Å². The average molecular weight is 314 g/mol. The summed E-state index contributed by atoms with van der Waals surface area (Å²) in [4.78, 5) is 26.1. The first-order valence-corrected chi connectivity index (χ1v) is 7.98. The molecule has 1 aromatic carbocycles. The number of anilines is 1. The number of carbonyl (C=O) groups excluding carboxylic acids is 2. The molecule has 1 heterocycles. The van der Waals surface area contributed by atoms with Gasteiger partial charge in [-0.3, -0.25) is 4.79 Å². The maximum Gasteiger partial charge on any atom is 0.321 e. The Morgan fingerprint density at radius 2 is 2.17 bits per heavy atom. The van der Waals surface area contributed by atoms with Crippen molar-refractivity contribution in [2.45, 2.75) is 26.2 Å². The van der Waals surface area contributed by atoms with Gasteiger partial charge in [0, 0.05) is 19.6 Å². The van der Waals surface area contributed by atoms with Crippen LogP contribution in [-0.2, 0) is 4.79 Å². The lowest BCUT2D eigenvalue weighted by Crippen LogP contribution is -2.47. The molecule has 0 bridgehead atoms. The number of nitriles is 1. The molecule has 1 aromatic rings. The number of carbonyl (C=O) groups is 2. The van der Waals surface area contributed by atoms with Gasteiger partial charge in [0.05, 0.1) is 17.2 Å². The average Bonchev–Trinajstić information content (AvgIpc) is 2.60. The number of nitrogens with one attached hydrogen (secondary N) is 2. The van der Waals surface area contributed by atoms with Crippen LogP contribution in [0.5, 0.6) is 0 Å². The second kappa shape index (κ2) is 8.18. The molecule has 0 aromatic heterocycles. The quantitative estimate of drug-likeness (QED) is 0.894. The minimum absolute atomic E-state index is 0.0155. The van der Waals surface area contributed by atoms with Crippen LogP contribution in [0.3, 0.4) is 0 Å². The Morgan fingerprint density at radius 3 is 2.91 bits per heavy atom. The molecule has 1 fully saturated rings. The van der Waals surface area contributed by atoms with E-state index < -0.39 is 0 Å². The highest BCUT2D eigenvalue weighted by molar-refractivity contribution is 5.91. The second-order valence-corrected chi connectivity index (χ2v) is 5.66. The molecule has 3 amide bonds. The molecule has 6 heteroatoms. The summed E-state index contributed by atoms with van der Waals surface area (Å²) in [5.41, 5.74) is 0.924. The Hall–Kier alpha value is -2.55. The van der Waals surface area contributed by atoms with Crippen molar-refractivity contribution in [3.05, 3.63) is 29.8 Å². The molecule has 6 nitrogen and oxygen atoms in total. The summed E-state index contributed by atoms with van der Waals surface area (Å²) in [5.74, 6) is -0.144. The first kappa shape index (κ1) is 16.8. The number of hydrogen-bond acceptors (Lipinski definition) is 3. The maximum absolute atomic E-state index is 12.4. The van der Waals surface area contributed by atoms with E-state index >= 15 is 0 Å². The normalized spacial score (nSPS) is 17.2. The third-order valence-electron chi connectivity index (χ3n) is 3.92. The van der Waals surface area contributed by atoms with E-state index in [1.165, 1.54) is 0 Å². The van der Waals surface area contributed by atoms with E-state index in [0.717, 1.165) is 19.3 Å². The summed E-state index contributed by atoms with van der Waals surface area (Å²) in [5, 5.41) is 14.7. The zero-order chi connectivity index (χ0) is 16.7. The number of urea groups is 1. The van der Waals surface area contributed by atoms with Crippen LogP contribution in [0.1, 0.15) is 31.7 Å². The smallest absolute Gasteiger partial charge is 0.321 e. The zero-order valence-corrected chi connectivity index (χ0v) is 13.3. The van der Waals surface area contributed by atoms with Crippen molar-refractivity contribution in [3.8, 4) is 6.07 Å². The van der Waals surface area contributed by atoms with E-state index in [4.69, 9.17) is 5.26 Å². The molecule has 0 saturated carbocycles. The molecular formula is C17H22N4O2. The molecule has 0 radical (unpaired) electrons. The van der Waals surface area contributed by atoms with Crippen molar-refractivity contribution in [3.63, 3.8) is 0 Å². The van der Waals surface area contributed by atoms with Gasteiger partial charge >= 0.3 is 6.03 Å². The van der Waals surface area contributed by atoms with Crippen molar-refractivity contribution in [2.24, 2.45) is 5.92 Å². The van der Waals surface area contributed by atoms with Gasteiger partial charge in [-0.2, -0.15) is 5.26 Å². The molecule has 1 aliphatic heterocycles. The highest BCUT2D eigenvalue weighted by atomic mass is 16.2. The summed E-state index contributed by atoms with van der Waals surface area (Å²) in [6.45, 7) is 3.71. The number of para-hydroxylation sites is 1. The van der Waals surface area contributed by atoms with E-state index in [-0.39, 0.29) is 17.9 Å². The maximum atomic E-state index is 12.4. The van der Waals surface area contributed by atoms with Crippen LogP contribution in [0.25, 0.3) is 0 Å². The number of piperidine rings is 1. The van der Waals surface area contributed by atoms with Crippen LogP contribution >= 0.6 is 0 Å². The SMILES string of the molecule is CCCNC(=O)C1CCCN(C(=O)Nc2ccccc2C#N)C1. The Labute approximate surface area is 136 Å². The lowest BCUT2D eigenvalue weighted by Gasteiger charge is -2.32. The third-order valence-corrected chi connectivity index (χ3v) is 3.92. The molecule has 122 valence electrons. The largest absolute Gasteiger partial charge is 0.356 e. The first-order chi connectivity index (χ1) is 11.2. The molecule has 0 spiro atoms. The molecule has 1 aliphatic rings. The van der Waals surface area contributed by atoms with Gasteiger partial charge in [0.2, 0.25) is 5.91 Å². The summed E-state index contributed by atoms with van der Waals surface area (Å²) >= 11 is 0. The predicted molar refractivity (Wildman–Crippen MR) is 87.8 cm³/mol. The molecule has 2 N–H and O–H groups in total. The second-order valence-electron chi connectivity index (χ2n) is 5.66. The standard InChI is InChI=1S/C17H22N4O2/c1-2-9-19-16(22)14-7-5-10-21(12-14)17(23)20-15-8-4-3-6-13(15)11-18/h3-4,6,8,14H,2,5,7,9-10,12H2,1H3,(H,19,22)(H,20,23). The Morgan fingerprint density at radius 1 is 1.39 bits per heavy atom. The third kappa shape index (κ3) is 4.46. The van der Waals surface area contributed by atoms with Gasteiger partial charge in [0.1, 0.15) is 6.07 Å². The van der Waals surface area contributed by atoms with Crippen LogP contribution in [0.15, 0.2) is 24.3 Å². The highest BCUT2D eigenvalue weighted by Crippen LogP contribution is 2.19. The number of benzene rings is 1. The molecule has 0 aliphatic carbocycles. The summed E-state index contributed by atoms with van der Waals surface area (Å²) in [6, 6.07) is 8.68. The highest BCUT2D eigenvalue weighted by Gasteiger charge is 2.28.